The molecule has 0 amide bonds. The van der Waals surface area contributed by atoms with Crippen molar-refractivity contribution in [2.45, 2.75) is 45.6 Å². The Morgan fingerprint density at radius 3 is 2.78 bits per heavy atom. The molecule has 0 radical (unpaired) electrons. The lowest BCUT2D eigenvalue weighted by atomic mass is 10.1. The van der Waals surface area contributed by atoms with Gasteiger partial charge in [0.05, 0.1) is 5.69 Å². The number of halogens is 1. The minimum atomic E-state index is 0. The van der Waals surface area contributed by atoms with Gasteiger partial charge in [-0.25, -0.2) is 0 Å². The molecule has 0 aliphatic heterocycles. The Balaban J connectivity index is 0.00000162. The summed E-state index contributed by atoms with van der Waals surface area (Å²) in [4.78, 5) is 4.30. The topological polar surface area (TPSA) is 76.4 Å². The maximum Gasteiger partial charge on any atom is 0.188 e. The monoisotopic (exact) mass is 364 g/mol. The van der Waals surface area contributed by atoms with Crippen LogP contribution in [0.4, 0.5) is 0 Å². The van der Waals surface area contributed by atoms with Crippen LogP contribution in [0.25, 0.3) is 0 Å². The number of nitrogens with two attached hydrogens (primary N) is 1. The lowest BCUT2D eigenvalue weighted by molar-refractivity contribution is 0.392. The van der Waals surface area contributed by atoms with Crippen LogP contribution in [0.3, 0.4) is 0 Å². The molecular weight excluding hydrogens is 343 g/mol. The summed E-state index contributed by atoms with van der Waals surface area (Å²) in [5.41, 5.74) is 7.93. The second-order valence-electron chi connectivity index (χ2n) is 4.59. The number of hydrogen-bond acceptors (Lipinski definition) is 3. The molecule has 1 aromatic heterocycles. The van der Waals surface area contributed by atoms with Crippen LogP contribution < -0.4 is 11.1 Å². The molecular formula is C12H21IN4O. The molecule has 1 aliphatic rings. The van der Waals surface area contributed by atoms with Crippen LogP contribution in [-0.2, 0) is 6.42 Å². The average molecular weight is 364 g/mol. The molecule has 1 fully saturated rings. The van der Waals surface area contributed by atoms with Gasteiger partial charge in [0.1, 0.15) is 5.76 Å². The first-order chi connectivity index (χ1) is 8.16. The number of aromatic nitrogens is 1. The van der Waals surface area contributed by atoms with Gasteiger partial charge in [0.25, 0.3) is 0 Å². The molecule has 1 heterocycles. The zero-order chi connectivity index (χ0) is 12.3. The van der Waals surface area contributed by atoms with Gasteiger partial charge >= 0.3 is 0 Å². The number of aliphatic imine (C=N–C) groups is 1. The third-order valence-electron chi connectivity index (χ3n) is 2.98. The molecule has 0 aromatic carbocycles. The number of nitrogens with zero attached hydrogens (tertiary/aromatic N) is 2. The van der Waals surface area contributed by atoms with Crippen LogP contribution in [0.2, 0.25) is 0 Å². The highest BCUT2D eigenvalue weighted by Gasteiger charge is 2.21. The van der Waals surface area contributed by atoms with Crippen LogP contribution in [0.5, 0.6) is 0 Å². The van der Waals surface area contributed by atoms with Crippen LogP contribution in [0, 0.1) is 13.8 Å². The maximum absolute atomic E-state index is 5.74. The first-order valence-corrected chi connectivity index (χ1v) is 6.15. The van der Waals surface area contributed by atoms with Crippen LogP contribution in [0.1, 0.15) is 36.3 Å². The maximum atomic E-state index is 5.74. The molecule has 3 N–H and O–H groups in total. The first kappa shape index (κ1) is 15.3. The van der Waals surface area contributed by atoms with Gasteiger partial charge in [-0.15, -0.1) is 24.0 Å². The van der Waals surface area contributed by atoms with Crippen molar-refractivity contribution in [2.24, 2.45) is 10.7 Å². The fourth-order valence-corrected chi connectivity index (χ4v) is 1.80. The predicted molar refractivity (Wildman–Crippen MR) is 82.4 cm³/mol. The standard InChI is InChI=1S/C12H20N4O.HI/c1-8-11(9(2)17-16-8)4-3-7-14-12(13)15-10-5-6-10;/h10H,3-7H2,1-2H3,(H3,13,14,15);1H. The lowest BCUT2D eigenvalue weighted by Gasteiger charge is -2.03. The van der Waals surface area contributed by atoms with Gasteiger partial charge in [-0.1, -0.05) is 5.16 Å². The van der Waals surface area contributed by atoms with Crippen molar-refractivity contribution in [3.63, 3.8) is 0 Å². The van der Waals surface area contributed by atoms with Crippen LogP contribution in [-0.4, -0.2) is 23.7 Å². The van der Waals surface area contributed by atoms with Gasteiger partial charge in [-0.3, -0.25) is 4.99 Å². The molecule has 0 bridgehead atoms. The molecule has 2 rings (SSSR count). The summed E-state index contributed by atoms with van der Waals surface area (Å²) in [6.07, 6.45) is 4.35. The Morgan fingerprint density at radius 1 is 1.50 bits per heavy atom. The van der Waals surface area contributed by atoms with E-state index in [1.807, 2.05) is 13.8 Å². The Morgan fingerprint density at radius 2 is 2.22 bits per heavy atom. The summed E-state index contributed by atoms with van der Waals surface area (Å²) in [6, 6.07) is 0.571. The zero-order valence-corrected chi connectivity index (χ0v) is 13.2. The third kappa shape index (κ3) is 4.47. The Kier molecular flexibility index (Phi) is 5.90. The second-order valence-corrected chi connectivity index (χ2v) is 4.59. The molecule has 18 heavy (non-hydrogen) atoms. The van der Waals surface area contributed by atoms with Crippen molar-refractivity contribution >= 4 is 29.9 Å². The molecule has 0 atom stereocenters. The quantitative estimate of drug-likeness (QED) is 0.362. The Labute approximate surface area is 125 Å². The minimum absolute atomic E-state index is 0. The van der Waals surface area contributed by atoms with E-state index >= 15 is 0 Å². The normalized spacial score (nSPS) is 15.3. The van der Waals surface area contributed by atoms with Crippen molar-refractivity contribution in [3.05, 3.63) is 17.0 Å². The highest BCUT2D eigenvalue weighted by Crippen LogP contribution is 2.18. The Hall–Kier alpha value is -0.790. The molecule has 5 nitrogen and oxygen atoms in total. The number of rotatable bonds is 5. The summed E-state index contributed by atoms with van der Waals surface area (Å²) in [5.74, 6) is 1.49. The van der Waals surface area contributed by atoms with E-state index < -0.39 is 0 Å². The molecule has 102 valence electrons. The van der Waals surface area contributed by atoms with E-state index in [1.54, 1.807) is 0 Å². The lowest BCUT2D eigenvalue weighted by Crippen LogP contribution is -2.33. The van der Waals surface area contributed by atoms with E-state index in [0.717, 1.165) is 30.8 Å². The van der Waals surface area contributed by atoms with Gasteiger partial charge in [-0.2, -0.15) is 0 Å². The number of hydrogen-bond donors (Lipinski definition) is 2. The molecule has 6 heteroatoms. The zero-order valence-electron chi connectivity index (χ0n) is 10.9. The smallest absolute Gasteiger partial charge is 0.188 e. The van der Waals surface area contributed by atoms with Crippen LogP contribution in [0.15, 0.2) is 9.52 Å². The van der Waals surface area contributed by atoms with Crippen molar-refractivity contribution in [1.82, 2.24) is 10.5 Å². The van der Waals surface area contributed by atoms with Gasteiger partial charge < -0.3 is 15.6 Å². The van der Waals surface area contributed by atoms with Crippen molar-refractivity contribution < 1.29 is 4.52 Å². The van der Waals surface area contributed by atoms with Gasteiger partial charge in [0, 0.05) is 18.2 Å². The average Bonchev–Trinajstić information content (AvgIpc) is 3.03. The molecule has 1 aliphatic carbocycles. The van der Waals surface area contributed by atoms with E-state index in [4.69, 9.17) is 10.3 Å². The summed E-state index contributed by atoms with van der Waals surface area (Å²) in [6.45, 7) is 4.66. The van der Waals surface area contributed by atoms with E-state index in [9.17, 15) is 0 Å². The number of nitrogens with one attached hydrogen (secondary N) is 1. The van der Waals surface area contributed by atoms with Crippen LogP contribution >= 0.6 is 24.0 Å². The van der Waals surface area contributed by atoms with E-state index in [-0.39, 0.29) is 24.0 Å². The molecule has 1 saturated carbocycles. The highest BCUT2D eigenvalue weighted by atomic mass is 127. The fourth-order valence-electron chi connectivity index (χ4n) is 1.80. The number of guanidine groups is 1. The minimum Gasteiger partial charge on any atom is -0.370 e. The Bertz CT molecular complexity index is 393. The highest BCUT2D eigenvalue weighted by molar-refractivity contribution is 14.0. The van der Waals surface area contributed by atoms with E-state index in [1.165, 1.54) is 18.4 Å². The summed E-state index contributed by atoms with van der Waals surface area (Å²) < 4.78 is 5.11. The van der Waals surface area contributed by atoms with Gasteiger partial charge in [0.2, 0.25) is 0 Å². The van der Waals surface area contributed by atoms with Gasteiger partial charge in [-0.05, 0) is 39.5 Å². The summed E-state index contributed by atoms with van der Waals surface area (Å²) >= 11 is 0. The summed E-state index contributed by atoms with van der Waals surface area (Å²) in [7, 11) is 0. The molecule has 0 saturated heterocycles. The summed E-state index contributed by atoms with van der Waals surface area (Å²) in [5, 5.41) is 7.10. The van der Waals surface area contributed by atoms with E-state index in [0.29, 0.717) is 12.0 Å². The number of aryl methyl sites for hydroxylation is 2. The predicted octanol–water partition coefficient (Wildman–Crippen LogP) is 1.91. The fraction of sp³-hybridized carbons (Fsp3) is 0.667. The first-order valence-electron chi connectivity index (χ1n) is 6.15. The largest absolute Gasteiger partial charge is 0.370 e. The molecule has 1 aromatic rings. The van der Waals surface area contributed by atoms with Gasteiger partial charge in [0.15, 0.2) is 5.96 Å². The van der Waals surface area contributed by atoms with Crippen molar-refractivity contribution in [1.29, 1.82) is 0 Å². The molecule has 0 unspecified atom stereocenters. The third-order valence-corrected chi connectivity index (χ3v) is 2.98. The second kappa shape index (κ2) is 6.96. The van der Waals surface area contributed by atoms with Crippen molar-refractivity contribution in [2.75, 3.05) is 6.54 Å². The van der Waals surface area contributed by atoms with Crippen molar-refractivity contribution in [3.8, 4) is 0 Å². The SMILES string of the molecule is Cc1noc(C)c1CCCN=C(N)NC1CC1.I. The molecule has 0 spiro atoms. The van der Waals surface area contributed by atoms with E-state index in [2.05, 4.69) is 15.5 Å².